The summed E-state index contributed by atoms with van der Waals surface area (Å²) in [6.07, 6.45) is 7.37. The largest absolute Gasteiger partial charge is 0.413 e. The van der Waals surface area contributed by atoms with Crippen molar-refractivity contribution in [3.63, 3.8) is 0 Å². The summed E-state index contributed by atoms with van der Waals surface area (Å²) in [4.78, 5) is 14.4. The van der Waals surface area contributed by atoms with E-state index in [1.807, 2.05) is 0 Å². The van der Waals surface area contributed by atoms with Crippen LogP contribution in [0.3, 0.4) is 0 Å². The molecule has 12 bridgehead atoms. The lowest BCUT2D eigenvalue weighted by Crippen LogP contribution is -2.61. The fourth-order valence-electron chi connectivity index (χ4n) is 12.4. The summed E-state index contributed by atoms with van der Waals surface area (Å²) >= 11 is 0. The maximum atomic E-state index is 14.4. The van der Waals surface area contributed by atoms with Crippen molar-refractivity contribution in [3.8, 4) is 0 Å². The summed E-state index contributed by atoms with van der Waals surface area (Å²) in [5, 5.41) is 0.0657. The van der Waals surface area contributed by atoms with Crippen LogP contribution < -0.4 is 5.73 Å². The zero-order valence-corrected chi connectivity index (χ0v) is 38.3. The van der Waals surface area contributed by atoms with Crippen molar-refractivity contribution in [2.75, 3.05) is 6.54 Å². The predicted molar refractivity (Wildman–Crippen MR) is 225 cm³/mol. The third-order valence-corrected chi connectivity index (χ3v) is 21.3. The molecule has 0 aromatic heterocycles. The summed E-state index contributed by atoms with van der Waals surface area (Å²) < 4.78 is 62.2. The minimum absolute atomic E-state index is 0.000978. The Morgan fingerprint density at radius 1 is 0.814 bits per heavy atom. The van der Waals surface area contributed by atoms with E-state index in [1.54, 1.807) is 0 Å². The number of fused-ring (bicyclic) bond motifs is 6. The van der Waals surface area contributed by atoms with E-state index in [4.69, 9.17) is 48.1 Å². The van der Waals surface area contributed by atoms with E-state index < -0.39 is 19.7 Å². The quantitative estimate of drug-likeness (QED) is 0.219. The normalized spacial score (nSPS) is 49.5. The number of nitrogens with two attached hydrogens (primary N) is 1. The minimum atomic E-state index is -2.07. The Morgan fingerprint density at radius 3 is 2.31 bits per heavy atom. The summed E-state index contributed by atoms with van der Waals surface area (Å²) in [6.45, 7) is 27.5. The van der Waals surface area contributed by atoms with Crippen molar-refractivity contribution < 1.29 is 47.1 Å². The fourth-order valence-corrected chi connectivity index (χ4v) is 13.7. The summed E-state index contributed by atoms with van der Waals surface area (Å²) in [7, 11) is -2.07. The first kappa shape index (κ1) is 43.2. The molecule has 1 spiro atoms. The van der Waals surface area contributed by atoms with Crippen LogP contribution in [-0.4, -0.2) is 117 Å². The Bertz CT molecular complexity index is 1620. The van der Waals surface area contributed by atoms with Gasteiger partial charge in [-0.1, -0.05) is 47.8 Å². The lowest BCUT2D eigenvalue weighted by Gasteiger charge is -2.47. The highest BCUT2D eigenvalue weighted by Gasteiger charge is 2.73. The van der Waals surface area contributed by atoms with Gasteiger partial charge in [-0.3, -0.25) is 4.79 Å². The molecule has 10 fully saturated rings. The minimum Gasteiger partial charge on any atom is -0.413 e. The van der Waals surface area contributed by atoms with E-state index in [1.165, 1.54) is 0 Å². The van der Waals surface area contributed by atoms with Crippen molar-refractivity contribution in [2.45, 2.75) is 240 Å². The molecular formula is C47H75NO10Si. The third kappa shape index (κ3) is 8.08. The Hall–Kier alpha value is -1.03. The molecule has 10 saturated heterocycles. The van der Waals surface area contributed by atoms with E-state index in [2.05, 4.69) is 67.8 Å². The molecule has 19 atom stereocenters. The van der Waals surface area contributed by atoms with Crippen molar-refractivity contribution in [1.82, 2.24) is 0 Å². The number of hydrogen-bond donors (Lipinski definition) is 1. The Morgan fingerprint density at radius 2 is 1.54 bits per heavy atom. The summed E-state index contributed by atoms with van der Waals surface area (Å²) in [6, 6.07) is 0. The summed E-state index contributed by atoms with van der Waals surface area (Å²) in [5.74, 6) is -0.122. The lowest BCUT2D eigenvalue weighted by atomic mass is 9.78. The molecule has 12 heteroatoms. The molecule has 10 rings (SSSR count). The van der Waals surface area contributed by atoms with Gasteiger partial charge in [0.15, 0.2) is 14.1 Å². The van der Waals surface area contributed by atoms with Gasteiger partial charge in [-0.2, -0.15) is 0 Å². The van der Waals surface area contributed by atoms with Crippen molar-refractivity contribution in [1.29, 1.82) is 0 Å². The number of carbonyl (C=O) groups is 1. The van der Waals surface area contributed by atoms with Gasteiger partial charge in [0.2, 0.25) is 0 Å². The van der Waals surface area contributed by atoms with Crippen LogP contribution in [-0.2, 0) is 47.1 Å². The van der Waals surface area contributed by atoms with Gasteiger partial charge in [-0.15, -0.1) is 0 Å². The van der Waals surface area contributed by atoms with Gasteiger partial charge < -0.3 is 48.1 Å². The molecule has 0 amide bonds. The first-order chi connectivity index (χ1) is 27.8. The van der Waals surface area contributed by atoms with Crippen molar-refractivity contribution in [2.24, 2.45) is 23.5 Å². The molecule has 10 aliphatic rings. The van der Waals surface area contributed by atoms with Gasteiger partial charge in [0.25, 0.3) is 0 Å². The maximum Gasteiger partial charge on any atom is 0.192 e. The van der Waals surface area contributed by atoms with Crippen molar-refractivity contribution in [3.05, 3.63) is 24.3 Å². The highest BCUT2D eigenvalue weighted by Crippen LogP contribution is 2.59. The van der Waals surface area contributed by atoms with Crippen LogP contribution in [0.25, 0.3) is 0 Å². The molecule has 10 aliphatic heterocycles. The second-order valence-electron chi connectivity index (χ2n) is 22.1. The van der Waals surface area contributed by atoms with Crippen LogP contribution in [0.2, 0.25) is 18.1 Å². The van der Waals surface area contributed by atoms with Crippen LogP contribution in [0.15, 0.2) is 24.3 Å². The first-order valence-corrected chi connectivity index (χ1v) is 26.3. The number of ether oxygens (including phenoxy) is 8. The second kappa shape index (κ2) is 15.9. The third-order valence-electron chi connectivity index (χ3n) is 16.8. The van der Waals surface area contributed by atoms with Crippen LogP contribution in [0.1, 0.15) is 125 Å². The summed E-state index contributed by atoms with van der Waals surface area (Å²) in [5.41, 5.74) is 8.22. The molecule has 11 nitrogen and oxygen atoms in total. The Kier molecular flexibility index (Phi) is 11.6. The average molecular weight is 842 g/mol. The molecule has 0 aliphatic carbocycles. The van der Waals surface area contributed by atoms with Crippen LogP contribution in [0, 0.1) is 17.8 Å². The molecule has 0 aromatic carbocycles. The smallest absolute Gasteiger partial charge is 0.192 e. The second-order valence-corrected chi connectivity index (χ2v) is 26.9. The van der Waals surface area contributed by atoms with Gasteiger partial charge in [0.1, 0.15) is 41.9 Å². The zero-order chi connectivity index (χ0) is 41.8. The van der Waals surface area contributed by atoms with Gasteiger partial charge in [0.05, 0.1) is 54.9 Å². The molecule has 10 heterocycles. The first-order valence-electron chi connectivity index (χ1n) is 23.4. The van der Waals surface area contributed by atoms with Gasteiger partial charge >= 0.3 is 0 Å². The molecule has 332 valence electrons. The van der Waals surface area contributed by atoms with E-state index in [9.17, 15) is 4.79 Å². The van der Waals surface area contributed by atoms with Crippen LogP contribution in [0.5, 0.6) is 0 Å². The van der Waals surface area contributed by atoms with Crippen molar-refractivity contribution >= 4 is 14.1 Å². The molecule has 5 unspecified atom stereocenters. The number of ketones is 1. The highest BCUT2D eigenvalue weighted by molar-refractivity contribution is 6.74. The number of hydrogen-bond acceptors (Lipinski definition) is 11. The van der Waals surface area contributed by atoms with Crippen LogP contribution >= 0.6 is 0 Å². The molecule has 0 radical (unpaired) electrons. The van der Waals surface area contributed by atoms with E-state index in [0.717, 1.165) is 56.1 Å². The van der Waals surface area contributed by atoms with E-state index in [-0.39, 0.29) is 108 Å². The predicted octanol–water partition coefficient (Wildman–Crippen LogP) is 7.48. The topological polar surface area (TPSA) is 126 Å². The molecule has 59 heavy (non-hydrogen) atoms. The fraction of sp³-hybridized carbons (Fsp3) is 0.894. The SMILES string of the molecule is C=C1C[C@@H]2CC[C@@]34C[C@]5(C)O[C@H]6[C@@H](O3)[C@H]3OC(CC[C@@H]3O[C@H]6[C@H]5O4)CC(=O)CC3[C@@H](C)C(C[C@@H](CN)O[Si](C)(C)C(C)(C)C)O[C@H]3CC3O[C@@H](CCC1O2)C[C@@H](C)C3=C. The molecular weight excluding hydrogens is 767 g/mol. The Balaban J connectivity index is 0.979. The van der Waals surface area contributed by atoms with E-state index >= 15 is 0 Å². The Labute approximate surface area is 354 Å². The zero-order valence-electron chi connectivity index (χ0n) is 37.3. The highest BCUT2D eigenvalue weighted by atomic mass is 28.4. The molecule has 0 saturated carbocycles. The van der Waals surface area contributed by atoms with Crippen LogP contribution in [0.4, 0.5) is 0 Å². The molecule has 2 N–H and O–H groups in total. The average Bonchev–Trinajstić information content (AvgIpc) is 3.79. The van der Waals surface area contributed by atoms with E-state index in [0.29, 0.717) is 51.0 Å². The maximum absolute atomic E-state index is 14.4. The molecule has 0 aromatic rings. The number of rotatable bonds is 5. The lowest BCUT2D eigenvalue weighted by molar-refractivity contribution is -0.294. The monoisotopic (exact) mass is 842 g/mol. The number of Topliss-reactive ketones (excluding diaryl/α,β-unsaturated/α-hetero) is 1. The number of carbonyl (C=O) groups excluding carboxylic acids is 1. The van der Waals surface area contributed by atoms with Gasteiger partial charge in [0, 0.05) is 45.1 Å². The van der Waals surface area contributed by atoms with Gasteiger partial charge in [-0.25, -0.2) is 0 Å². The van der Waals surface area contributed by atoms with Gasteiger partial charge in [-0.05, 0) is 98.9 Å². The standard InChI is InChI=1S/C47H75NO10Si/c1-25-17-30-11-13-35-26(2)18-32(50-35)15-16-47-24-46(8)44(57-47)43-42(55-46)41(56-47)40-36(54-43)14-12-31(52-40)19-29(49)20-34-28(4)37(53-39(34)22-38(51-30)27(25)3)21-33(23-48)58-59(9,10)45(5,6)7/h25,28,30-44H,2-3,11-24,48H2,1,4-10H3/t25-,28-,30+,31?,32+,33+,34?,35?,36+,37?,38?,39+,40+,41+,42+,43-,44-,46+,47-/m1/s1.